The van der Waals surface area contributed by atoms with Crippen molar-refractivity contribution in [2.45, 2.75) is 45.6 Å². The first-order valence-electron chi connectivity index (χ1n) is 14.0. The summed E-state index contributed by atoms with van der Waals surface area (Å²) < 4.78 is 13.2. The van der Waals surface area contributed by atoms with E-state index in [1.54, 1.807) is 29.2 Å². The third kappa shape index (κ3) is 8.37. The zero-order valence-corrected chi connectivity index (χ0v) is 23.9. The van der Waals surface area contributed by atoms with Crippen LogP contribution in [0.2, 0.25) is 0 Å². The van der Waals surface area contributed by atoms with Gasteiger partial charge in [0.05, 0.1) is 12.5 Å². The number of halogens is 1. The molecule has 1 unspecified atom stereocenters. The number of carbonyl (C=O) groups excluding carboxylic acids is 3. The van der Waals surface area contributed by atoms with E-state index < -0.39 is 11.5 Å². The molecule has 0 aromatic heterocycles. The maximum atomic E-state index is 13.2. The Bertz CT molecular complexity index is 1370. The molecule has 42 heavy (non-hydrogen) atoms. The number of urea groups is 1. The van der Waals surface area contributed by atoms with Crippen molar-refractivity contribution >= 4 is 29.2 Å². The van der Waals surface area contributed by atoms with Crippen LogP contribution < -0.4 is 16.0 Å². The van der Waals surface area contributed by atoms with E-state index >= 15 is 0 Å². The highest BCUT2D eigenvalue weighted by molar-refractivity contribution is 6.00. The number of para-hydroxylation sites is 1. The number of piperidine rings is 1. The summed E-state index contributed by atoms with van der Waals surface area (Å²) in [5, 5.41) is 17.6. The average Bonchev–Trinajstić information content (AvgIpc) is 2.97. The lowest BCUT2D eigenvalue weighted by molar-refractivity contribution is -0.246. The molecule has 1 atom stereocenters. The highest BCUT2D eigenvalue weighted by Gasteiger charge is 2.38. The summed E-state index contributed by atoms with van der Waals surface area (Å²) in [5.74, 6) is -0.550. The van der Waals surface area contributed by atoms with Crippen LogP contribution in [-0.2, 0) is 27.3 Å². The van der Waals surface area contributed by atoms with E-state index in [1.807, 2.05) is 50.2 Å². The smallest absolute Gasteiger partial charge is 0.323 e. The summed E-state index contributed by atoms with van der Waals surface area (Å²) in [4.78, 5) is 44.6. The van der Waals surface area contributed by atoms with Gasteiger partial charge in [-0.25, -0.2) is 14.1 Å². The van der Waals surface area contributed by atoms with Crippen molar-refractivity contribution in [3.05, 3.63) is 95.3 Å². The second-order valence-electron chi connectivity index (χ2n) is 11.0. The van der Waals surface area contributed by atoms with Crippen LogP contribution in [0.5, 0.6) is 0 Å². The van der Waals surface area contributed by atoms with E-state index in [9.17, 15) is 18.8 Å². The van der Waals surface area contributed by atoms with Gasteiger partial charge in [-0.3, -0.25) is 14.8 Å². The number of benzene rings is 3. The number of rotatable bonds is 10. The molecular weight excluding hydrogens is 539 g/mol. The van der Waals surface area contributed by atoms with Crippen molar-refractivity contribution in [3.63, 3.8) is 0 Å². The molecule has 3 aromatic carbocycles. The van der Waals surface area contributed by atoms with Crippen LogP contribution in [0.4, 0.5) is 20.6 Å². The van der Waals surface area contributed by atoms with Gasteiger partial charge in [0, 0.05) is 29.9 Å². The molecule has 10 heteroatoms. The molecule has 0 bridgehead atoms. The van der Waals surface area contributed by atoms with Crippen molar-refractivity contribution in [2.24, 2.45) is 5.41 Å². The quantitative estimate of drug-likeness (QED) is 0.196. The van der Waals surface area contributed by atoms with Crippen molar-refractivity contribution in [2.75, 3.05) is 30.3 Å². The number of likely N-dealkylation sites (tertiary alicyclic amines) is 1. The molecule has 1 heterocycles. The first kappa shape index (κ1) is 30.7. The standard InChI is InChI=1S/C32H37FN4O5/c1-22-5-3-4-6-28(22)36-31(40)35-26-13-9-24(10-14-26)20-29(38)37-17-15-32(2,16-18-37)30(39)34-27(21-42-41)19-23-7-11-25(33)12-8-23/h3-14,27,41H,15-21H2,1-2H3,(H,34,39)(H2,35,36,40). The SMILES string of the molecule is Cc1ccccc1NC(=O)Nc1ccc(CC(=O)N2CCC(C)(C(=O)NC(COO)Cc3ccc(F)cc3)CC2)cc1. The topological polar surface area (TPSA) is 120 Å². The summed E-state index contributed by atoms with van der Waals surface area (Å²) in [7, 11) is 0. The van der Waals surface area contributed by atoms with Crippen molar-refractivity contribution in [3.8, 4) is 0 Å². The van der Waals surface area contributed by atoms with E-state index in [-0.39, 0.29) is 36.7 Å². The van der Waals surface area contributed by atoms with Gasteiger partial charge in [0.2, 0.25) is 11.8 Å². The molecule has 1 aliphatic rings. The molecule has 1 saturated heterocycles. The zero-order chi connectivity index (χ0) is 30.1. The molecular formula is C32H37FN4O5. The monoisotopic (exact) mass is 576 g/mol. The molecule has 222 valence electrons. The average molecular weight is 577 g/mol. The van der Waals surface area contributed by atoms with Crippen LogP contribution in [-0.4, -0.2) is 53.7 Å². The van der Waals surface area contributed by atoms with E-state index in [0.717, 1.165) is 22.4 Å². The second kappa shape index (κ2) is 14.1. The normalized spacial score (nSPS) is 15.0. The van der Waals surface area contributed by atoms with Crippen molar-refractivity contribution in [1.29, 1.82) is 0 Å². The number of carbonyl (C=O) groups is 3. The lowest BCUT2D eigenvalue weighted by atomic mass is 9.79. The van der Waals surface area contributed by atoms with Gasteiger partial charge in [-0.15, -0.1) is 0 Å². The van der Waals surface area contributed by atoms with Gasteiger partial charge < -0.3 is 20.9 Å². The van der Waals surface area contributed by atoms with Crippen molar-refractivity contribution < 1.29 is 28.9 Å². The molecule has 0 aliphatic carbocycles. The number of hydrogen-bond donors (Lipinski definition) is 4. The van der Waals surface area contributed by atoms with Crippen LogP contribution in [0.3, 0.4) is 0 Å². The Balaban J connectivity index is 1.25. The van der Waals surface area contributed by atoms with Crippen molar-refractivity contribution in [1.82, 2.24) is 10.2 Å². The molecule has 1 fully saturated rings. The van der Waals surface area contributed by atoms with E-state index in [0.29, 0.717) is 38.0 Å². The van der Waals surface area contributed by atoms with Gasteiger partial charge in [-0.1, -0.05) is 49.4 Å². The Morgan fingerprint density at radius 2 is 1.60 bits per heavy atom. The molecule has 4 amide bonds. The third-order valence-electron chi connectivity index (χ3n) is 7.73. The van der Waals surface area contributed by atoms with Gasteiger partial charge in [-0.2, -0.15) is 0 Å². The van der Waals surface area contributed by atoms with Gasteiger partial charge in [0.25, 0.3) is 0 Å². The molecule has 9 nitrogen and oxygen atoms in total. The number of anilines is 2. The van der Waals surface area contributed by atoms with E-state index in [2.05, 4.69) is 20.8 Å². The minimum Gasteiger partial charge on any atom is -0.350 e. The van der Waals surface area contributed by atoms with Crippen LogP contribution in [0.1, 0.15) is 36.5 Å². The minimum absolute atomic E-state index is 0.0293. The second-order valence-corrected chi connectivity index (χ2v) is 11.0. The maximum absolute atomic E-state index is 13.2. The number of amides is 4. The largest absolute Gasteiger partial charge is 0.350 e. The fourth-order valence-corrected chi connectivity index (χ4v) is 4.97. The van der Waals surface area contributed by atoms with E-state index in [1.165, 1.54) is 12.1 Å². The lowest BCUT2D eigenvalue weighted by Crippen LogP contribution is -2.52. The molecule has 0 saturated carbocycles. The summed E-state index contributed by atoms with van der Waals surface area (Å²) in [5.41, 5.74) is 3.25. The predicted octanol–water partition coefficient (Wildman–Crippen LogP) is 5.17. The van der Waals surface area contributed by atoms with Gasteiger partial charge >= 0.3 is 6.03 Å². The minimum atomic E-state index is -0.681. The molecule has 1 aliphatic heterocycles. The van der Waals surface area contributed by atoms with Crippen LogP contribution in [0.15, 0.2) is 72.8 Å². The predicted molar refractivity (Wildman–Crippen MR) is 159 cm³/mol. The highest BCUT2D eigenvalue weighted by atomic mass is 19.1. The Labute approximate surface area is 245 Å². The molecule has 3 aromatic rings. The number of hydrogen-bond acceptors (Lipinski definition) is 5. The zero-order valence-electron chi connectivity index (χ0n) is 23.9. The molecule has 0 radical (unpaired) electrons. The Kier molecular flexibility index (Phi) is 10.3. The summed E-state index contributed by atoms with van der Waals surface area (Å²) in [6.45, 7) is 4.58. The van der Waals surface area contributed by atoms with Crippen LogP contribution in [0.25, 0.3) is 0 Å². The summed E-state index contributed by atoms with van der Waals surface area (Å²) in [6, 6.07) is 19.8. The summed E-state index contributed by atoms with van der Waals surface area (Å²) in [6.07, 6.45) is 1.57. The highest BCUT2D eigenvalue weighted by Crippen LogP contribution is 2.32. The van der Waals surface area contributed by atoms with E-state index in [4.69, 9.17) is 5.26 Å². The Morgan fingerprint density at radius 3 is 2.24 bits per heavy atom. The number of nitrogens with zero attached hydrogens (tertiary/aromatic N) is 1. The summed E-state index contributed by atoms with van der Waals surface area (Å²) >= 11 is 0. The van der Waals surface area contributed by atoms with Gasteiger partial charge in [-0.05, 0) is 73.2 Å². The number of nitrogens with one attached hydrogen (secondary N) is 3. The molecule has 4 rings (SSSR count). The first-order valence-corrected chi connectivity index (χ1v) is 14.0. The number of aryl methyl sites for hydroxylation is 1. The van der Waals surface area contributed by atoms with Gasteiger partial charge in [0.1, 0.15) is 12.4 Å². The fraction of sp³-hybridized carbons (Fsp3) is 0.344. The Morgan fingerprint density at radius 1 is 0.952 bits per heavy atom. The first-order chi connectivity index (χ1) is 20.1. The third-order valence-corrected chi connectivity index (χ3v) is 7.73. The van der Waals surface area contributed by atoms with Crippen LogP contribution in [0, 0.1) is 18.2 Å². The van der Waals surface area contributed by atoms with Gasteiger partial charge in [0.15, 0.2) is 0 Å². The molecule has 4 N–H and O–H groups in total. The lowest BCUT2D eigenvalue weighted by Gasteiger charge is -2.39. The maximum Gasteiger partial charge on any atom is 0.323 e. The van der Waals surface area contributed by atoms with Crippen LogP contribution >= 0.6 is 0 Å². The molecule has 0 spiro atoms. The Hall–Kier alpha value is -4.28. The fourth-order valence-electron chi connectivity index (χ4n) is 4.97.